The Bertz CT molecular complexity index is 1210. The summed E-state index contributed by atoms with van der Waals surface area (Å²) in [5.74, 6) is 0.912. The summed E-state index contributed by atoms with van der Waals surface area (Å²) in [4.78, 5) is 29.4. The highest BCUT2D eigenvalue weighted by molar-refractivity contribution is 7.17. The van der Waals surface area contributed by atoms with Crippen molar-refractivity contribution in [1.29, 1.82) is 0 Å². The normalized spacial score (nSPS) is 26.8. The highest BCUT2D eigenvalue weighted by atomic mass is 32.1. The van der Waals surface area contributed by atoms with Crippen LogP contribution < -0.4 is 14.8 Å². The zero-order valence-corrected chi connectivity index (χ0v) is 22.0. The first-order valence-corrected chi connectivity index (χ1v) is 14.2. The van der Waals surface area contributed by atoms with Crippen LogP contribution in [0.15, 0.2) is 18.2 Å². The molecule has 37 heavy (non-hydrogen) atoms. The summed E-state index contributed by atoms with van der Waals surface area (Å²) in [5, 5.41) is 15.2. The smallest absolute Gasteiger partial charge is 0.341 e. The van der Waals surface area contributed by atoms with Crippen LogP contribution in [0.3, 0.4) is 0 Å². The fraction of sp³-hybridized carbons (Fsp3) is 0.571. The van der Waals surface area contributed by atoms with Gasteiger partial charge in [-0.25, -0.2) is 4.79 Å². The molecular weight excluding hydrogens is 492 g/mol. The molecule has 2 aromatic rings. The molecule has 3 atom stereocenters. The van der Waals surface area contributed by atoms with Gasteiger partial charge in [0.25, 0.3) is 0 Å². The van der Waals surface area contributed by atoms with Crippen molar-refractivity contribution in [2.45, 2.75) is 69.4 Å². The van der Waals surface area contributed by atoms with E-state index in [0.29, 0.717) is 29.3 Å². The number of amides is 1. The summed E-state index contributed by atoms with van der Waals surface area (Å²) in [5.41, 5.74) is 1.85. The lowest BCUT2D eigenvalue weighted by molar-refractivity contribution is -0.135. The summed E-state index contributed by atoms with van der Waals surface area (Å²) in [7, 11) is 1.38. The molecule has 1 saturated heterocycles. The molecule has 0 spiro atoms. The van der Waals surface area contributed by atoms with Gasteiger partial charge in [-0.2, -0.15) is 0 Å². The molecule has 2 fully saturated rings. The number of aryl methyl sites for hydroxylation is 1. The van der Waals surface area contributed by atoms with Crippen molar-refractivity contribution in [1.82, 2.24) is 4.90 Å². The van der Waals surface area contributed by atoms with Gasteiger partial charge in [0.2, 0.25) is 12.7 Å². The number of hydrogen-bond donors (Lipinski definition) is 2. The van der Waals surface area contributed by atoms with Crippen molar-refractivity contribution in [3.05, 3.63) is 39.8 Å². The van der Waals surface area contributed by atoms with Gasteiger partial charge in [-0.15, -0.1) is 11.3 Å². The van der Waals surface area contributed by atoms with Gasteiger partial charge in [0.1, 0.15) is 5.00 Å². The number of aliphatic hydroxyl groups is 1. The van der Waals surface area contributed by atoms with Crippen LogP contribution in [0.2, 0.25) is 0 Å². The van der Waals surface area contributed by atoms with Gasteiger partial charge in [0.15, 0.2) is 11.5 Å². The molecule has 0 bridgehead atoms. The third kappa shape index (κ3) is 4.51. The van der Waals surface area contributed by atoms with Gasteiger partial charge in [0, 0.05) is 23.4 Å². The van der Waals surface area contributed by atoms with Crippen LogP contribution in [0.25, 0.3) is 0 Å². The van der Waals surface area contributed by atoms with E-state index >= 15 is 0 Å². The van der Waals surface area contributed by atoms with E-state index in [0.717, 1.165) is 68.2 Å². The van der Waals surface area contributed by atoms with Crippen LogP contribution >= 0.6 is 11.3 Å². The van der Waals surface area contributed by atoms with Gasteiger partial charge in [-0.1, -0.05) is 18.9 Å². The Morgan fingerprint density at radius 1 is 1.16 bits per heavy atom. The Balaban J connectivity index is 1.27. The Morgan fingerprint density at radius 2 is 2.00 bits per heavy atom. The summed E-state index contributed by atoms with van der Waals surface area (Å²) < 4.78 is 16.2. The number of nitrogens with one attached hydrogen (secondary N) is 1. The van der Waals surface area contributed by atoms with Crippen LogP contribution in [0.4, 0.5) is 5.00 Å². The molecule has 198 valence electrons. The molecule has 4 aliphatic rings. The Kier molecular flexibility index (Phi) is 6.63. The Hall–Kier alpha value is -2.62. The van der Waals surface area contributed by atoms with E-state index in [4.69, 9.17) is 14.2 Å². The number of piperidine rings is 1. The second-order valence-electron chi connectivity index (χ2n) is 10.7. The third-order valence-corrected chi connectivity index (χ3v) is 9.78. The van der Waals surface area contributed by atoms with E-state index in [1.165, 1.54) is 23.3 Å². The number of likely N-dealkylation sites (tertiary alicyclic amines) is 1. The lowest BCUT2D eigenvalue weighted by Crippen LogP contribution is -2.56. The predicted molar refractivity (Wildman–Crippen MR) is 139 cm³/mol. The van der Waals surface area contributed by atoms with Crippen LogP contribution in [-0.4, -0.2) is 54.5 Å². The first-order valence-electron chi connectivity index (χ1n) is 13.4. The number of carbonyl (C=O) groups excluding carboxylic acids is 2. The molecule has 2 aliphatic carbocycles. The minimum absolute atomic E-state index is 0.0304. The summed E-state index contributed by atoms with van der Waals surface area (Å²) in [6, 6.07) is 5.84. The number of methoxy groups -OCH3 is 1. The quantitative estimate of drug-likeness (QED) is 0.556. The molecule has 6 rings (SSSR count). The Labute approximate surface area is 220 Å². The number of carbonyl (C=O) groups is 2. The molecule has 1 amide bonds. The van der Waals surface area contributed by atoms with E-state index in [1.807, 2.05) is 18.2 Å². The molecule has 0 unspecified atom stereocenters. The van der Waals surface area contributed by atoms with Crippen LogP contribution in [0, 0.1) is 5.92 Å². The second-order valence-corrected chi connectivity index (χ2v) is 11.8. The number of esters is 1. The molecule has 1 saturated carbocycles. The predicted octanol–water partition coefficient (Wildman–Crippen LogP) is 4.45. The van der Waals surface area contributed by atoms with Gasteiger partial charge in [-0.3, -0.25) is 9.69 Å². The maximum atomic E-state index is 13.5. The second kappa shape index (κ2) is 9.93. The highest BCUT2D eigenvalue weighted by Crippen LogP contribution is 2.50. The molecule has 1 aromatic carbocycles. The van der Waals surface area contributed by atoms with Crippen LogP contribution in [0.5, 0.6) is 11.5 Å². The van der Waals surface area contributed by atoms with Gasteiger partial charge in [0.05, 0.1) is 24.8 Å². The number of hydrogen-bond acceptors (Lipinski definition) is 8. The van der Waals surface area contributed by atoms with E-state index in [1.54, 1.807) is 0 Å². The summed E-state index contributed by atoms with van der Waals surface area (Å²) >= 11 is 1.50. The number of fused-ring (bicyclic) bond motifs is 3. The highest BCUT2D eigenvalue weighted by Gasteiger charge is 2.49. The van der Waals surface area contributed by atoms with Gasteiger partial charge >= 0.3 is 5.97 Å². The van der Waals surface area contributed by atoms with Crippen molar-refractivity contribution in [2.75, 3.05) is 32.3 Å². The molecule has 2 aliphatic heterocycles. The number of nitrogens with zero attached hydrogens (tertiary/aromatic N) is 1. The van der Waals surface area contributed by atoms with E-state index in [2.05, 4.69) is 10.2 Å². The first-order chi connectivity index (χ1) is 18.0. The van der Waals surface area contributed by atoms with Gasteiger partial charge < -0.3 is 24.6 Å². The topological polar surface area (TPSA) is 97.3 Å². The van der Waals surface area contributed by atoms with Gasteiger partial charge in [-0.05, 0) is 68.2 Å². The van der Waals surface area contributed by atoms with E-state index < -0.39 is 11.6 Å². The third-order valence-electron chi connectivity index (χ3n) is 8.57. The van der Waals surface area contributed by atoms with Crippen molar-refractivity contribution < 1.29 is 28.9 Å². The summed E-state index contributed by atoms with van der Waals surface area (Å²) in [6.07, 6.45) is 8.35. The van der Waals surface area contributed by atoms with E-state index in [9.17, 15) is 14.7 Å². The SMILES string of the molecule is COC(=O)c1c(NC(=O)CN2CC[C@]3(O)CCCC[C@@H]3[C@@H]2c2ccc3c(c2)OCO3)sc2c1CCCC2. The zero-order valence-electron chi connectivity index (χ0n) is 21.2. The maximum absolute atomic E-state index is 13.5. The van der Waals surface area contributed by atoms with Crippen LogP contribution in [0.1, 0.15) is 77.3 Å². The van der Waals surface area contributed by atoms with Crippen molar-refractivity contribution >= 4 is 28.2 Å². The fourth-order valence-corrected chi connectivity index (χ4v) is 8.08. The molecule has 2 N–H and O–H groups in total. The molecule has 0 radical (unpaired) electrons. The number of rotatable bonds is 5. The standard InChI is InChI=1S/C28H34N2O6S/c1-34-27(32)24-18-6-2-3-8-22(18)37-26(24)29-23(31)15-30-13-12-28(33)11-5-4-7-19(28)25(30)17-9-10-20-21(14-17)36-16-35-20/h9-10,14,19,25,33H,2-8,11-13,15-16H2,1H3,(H,29,31)/t19-,25+,28-/m1/s1. The van der Waals surface area contributed by atoms with Crippen LogP contribution in [-0.2, 0) is 22.4 Å². The molecule has 9 heteroatoms. The molecule has 3 heterocycles. The minimum Gasteiger partial charge on any atom is -0.465 e. The minimum atomic E-state index is -0.725. The number of benzene rings is 1. The first kappa shape index (κ1) is 24.7. The van der Waals surface area contributed by atoms with Crippen molar-refractivity contribution in [3.8, 4) is 11.5 Å². The molecule has 1 aromatic heterocycles. The lowest BCUT2D eigenvalue weighted by atomic mass is 9.66. The average Bonchev–Trinajstić information content (AvgIpc) is 3.51. The number of ether oxygens (including phenoxy) is 3. The lowest BCUT2D eigenvalue weighted by Gasteiger charge is -2.52. The average molecular weight is 527 g/mol. The van der Waals surface area contributed by atoms with Crippen molar-refractivity contribution in [3.63, 3.8) is 0 Å². The maximum Gasteiger partial charge on any atom is 0.341 e. The van der Waals surface area contributed by atoms with E-state index in [-0.39, 0.29) is 31.2 Å². The fourth-order valence-electron chi connectivity index (χ4n) is 6.78. The zero-order chi connectivity index (χ0) is 25.6. The molecular formula is C28H34N2O6S. The van der Waals surface area contributed by atoms with Crippen molar-refractivity contribution in [2.24, 2.45) is 5.92 Å². The number of thiophene rings is 1. The number of anilines is 1. The monoisotopic (exact) mass is 526 g/mol. The largest absolute Gasteiger partial charge is 0.465 e. The molecule has 8 nitrogen and oxygen atoms in total. The Morgan fingerprint density at radius 3 is 2.86 bits per heavy atom. The summed E-state index contributed by atoms with van der Waals surface area (Å²) in [6.45, 7) is 0.995.